The SMILES string of the molecule is c1ccc([C@H]2OCC3(COc4cnccn4)CO[C@@H](c4ccccc4)N23)cc1. The topological polar surface area (TPSA) is 56.7 Å². The van der Waals surface area contributed by atoms with Gasteiger partial charge in [-0.25, -0.2) is 9.88 Å². The highest BCUT2D eigenvalue weighted by Gasteiger charge is 2.57. The van der Waals surface area contributed by atoms with Gasteiger partial charge in [-0.2, -0.15) is 0 Å². The van der Waals surface area contributed by atoms with E-state index in [-0.39, 0.29) is 12.5 Å². The van der Waals surface area contributed by atoms with E-state index in [1.165, 1.54) is 0 Å². The molecule has 2 fully saturated rings. The van der Waals surface area contributed by atoms with Crippen LogP contribution < -0.4 is 4.74 Å². The number of benzene rings is 2. The van der Waals surface area contributed by atoms with Crippen LogP contribution in [0.4, 0.5) is 0 Å². The number of rotatable bonds is 5. The van der Waals surface area contributed by atoms with Crippen molar-refractivity contribution >= 4 is 0 Å². The molecule has 6 nitrogen and oxygen atoms in total. The summed E-state index contributed by atoms with van der Waals surface area (Å²) in [5, 5.41) is 0. The standard InChI is InChI=1S/C22H21N3O3/c1-3-7-17(8-4-1)20-25-21(18-9-5-2-6-10-18)28-16-22(25,15-27-20)14-26-19-13-23-11-12-24-19/h1-13,20-21H,14-16H2/t20-,21+,22?. The molecule has 1 unspecified atom stereocenters. The molecule has 6 heteroatoms. The van der Waals surface area contributed by atoms with Gasteiger partial charge in [0.2, 0.25) is 5.88 Å². The van der Waals surface area contributed by atoms with Crippen molar-refractivity contribution in [3.63, 3.8) is 0 Å². The Balaban J connectivity index is 1.48. The fraction of sp³-hybridized carbons (Fsp3) is 0.273. The largest absolute Gasteiger partial charge is 0.474 e. The molecule has 1 aromatic heterocycles. The lowest BCUT2D eigenvalue weighted by atomic mass is 10.0. The van der Waals surface area contributed by atoms with E-state index in [4.69, 9.17) is 14.2 Å². The van der Waals surface area contributed by atoms with E-state index in [1.54, 1.807) is 18.6 Å². The average molecular weight is 375 g/mol. The molecule has 2 aromatic carbocycles. The smallest absolute Gasteiger partial charge is 0.232 e. The minimum Gasteiger partial charge on any atom is -0.474 e. The van der Waals surface area contributed by atoms with Gasteiger partial charge in [0, 0.05) is 12.4 Å². The maximum atomic E-state index is 6.28. The molecule has 5 rings (SSSR count). The molecular formula is C22H21N3O3. The first kappa shape index (κ1) is 17.3. The summed E-state index contributed by atoms with van der Waals surface area (Å²) in [4.78, 5) is 10.6. The molecule has 3 aromatic rings. The number of hydrogen-bond donors (Lipinski definition) is 0. The molecular weight excluding hydrogens is 354 g/mol. The number of fused-ring (bicyclic) bond motifs is 1. The second-order valence-corrected chi connectivity index (χ2v) is 7.11. The van der Waals surface area contributed by atoms with Crippen molar-refractivity contribution in [1.29, 1.82) is 0 Å². The van der Waals surface area contributed by atoms with E-state index in [2.05, 4.69) is 39.1 Å². The van der Waals surface area contributed by atoms with Gasteiger partial charge in [-0.1, -0.05) is 60.7 Å². The van der Waals surface area contributed by atoms with Crippen molar-refractivity contribution < 1.29 is 14.2 Å². The maximum absolute atomic E-state index is 6.28. The van der Waals surface area contributed by atoms with Gasteiger partial charge in [0.25, 0.3) is 0 Å². The Labute approximate surface area is 163 Å². The van der Waals surface area contributed by atoms with Crippen molar-refractivity contribution in [2.45, 2.75) is 18.0 Å². The summed E-state index contributed by atoms with van der Waals surface area (Å²) >= 11 is 0. The van der Waals surface area contributed by atoms with Gasteiger partial charge in [-0.05, 0) is 11.1 Å². The number of ether oxygens (including phenoxy) is 3. The van der Waals surface area contributed by atoms with Gasteiger partial charge in [0.05, 0.1) is 19.4 Å². The van der Waals surface area contributed by atoms with Crippen LogP contribution in [-0.4, -0.2) is 40.2 Å². The fourth-order valence-corrected chi connectivity index (χ4v) is 3.91. The van der Waals surface area contributed by atoms with Crippen LogP contribution in [0.25, 0.3) is 0 Å². The van der Waals surface area contributed by atoms with E-state index in [0.29, 0.717) is 25.7 Å². The molecule has 2 saturated heterocycles. The van der Waals surface area contributed by atoms with E-state index in [9.17, 15) is 0 Å². The summed E-state index contributed by atoms with van der Waals surface area (Å²) in [6.07, 6.45) is 4.49. The zero-order valence-corrected chi connectivity index (χ0v) is 15.3. The van der Waals surface area contributed by atoms with Crippen LogP contribution in [0.2, 0.25) is 0 Å². The Morgan fingerprint density at radius 3 is 2.04 bits per heavy atom. The Morgan fingerprint density at radius 1 is 0.893 bits per heavy atom. The Morgan fingerprint density at radius 2 is 1.50 bits per heavy atom. The van der Waals surface area contributed by atoms with Crippen molar-refractivity contribution in [1.82, 2.24) is 14.9 Å². The monoisotopic (exact) mass is 375 g/mol. The maximum Gasteiger partial charge on any atom is 0.232 e. The molecule has 28 heavy (non-hydrogen) atoms. The minimum atomic E-state index is -0.390. The highest BCUT2D eigenvalue weighted by atomic mass is 16.6. The van der Waals surface area contributed by atoms with Crippen LogP contribution >= 0.6 is 0 Å². The van der Waals surface area contributed by atoms with Gasteiger partial charge in [0.15, 0.2) is 0 Å². The average Bonchev–Trinajstić information content (AvgIpc) is 3.32. The molecule has 0 radical (unpaired) electrons. The van der Waals surface area contributed by atoms with Crippen molar-refractivity contribution in [3.05, 3.63) is 90.4 Å². The molecule has 142 valence electrons. The van der Waals surface area contributed by atoms with E-state index < -0.39 is 5.54 Å². The van der Waals surface area contributed by atoms with Gasteiger partial charge in [-0.3, -0.25) is 4.98 Å². The Hall–Kier alpha value is -2.80. The predicted octanol–water partition coefficient (Wildman–Crippen LogP) is 3.35. The lowest BCUT2D eigenvalue weighted by Gasteiger charge is -2.33. The molecule has 0 spiro atoms. The first-order valence-electron chi connectivity index (χ1n) is 9.36. The number of nitrogens with zero attached hydrogens (tertiary/aromatic N) is 3. The van der Waals surface area contributed by atoms with Gasteiger partial charge in [0.1, 0.15) is 24.6 Å². The van der Waals surface area contributed by atoms with E-state index >= 15 is 0 Å². The quantitative estimate of drug-likeness (QED) is 0.682. The van der Waals surface area contributed by atoms with Gasteiger partial charge < -0.3 is 14.2 Å². The zero-order chi connectivity index (χ0) is 18.8. The van der Waals surface area contributed by atoms with Crippen LogP contribution in [0, 0.1) is 0 Å². The third-order valence-corrected chi connectivity index (χ3v) is 5.27. The summed E-state index contributed by atoms with van der Waals surface area (Å²) in [5.74, 6) is 0.503. The Bertz CT molecular complexity index is 857. The molecule has 0 amide bonds. The molecule has 3 atom stereocenters. The normalized spacial score (nSPS) is 26.9. The number of aromatic nitrogens is 2. The van der Waals surface area contributed by atoms with Crippen molar-refractivity contribution in [3.8, 4) is 5.88 Å². The lowest BCUT2D eigenvalue weighted by Crippen LogP contribution is -2.49. The third kappa shape index (κ3) is 3.05. The molecule has 0 saturated carbocycles. The Kier molecular flexibility index (Phi) is 4.52. The summed E-state index contributed by atoms with van der Waals surface area (Å²) in [7, 11) is 0. The predicted molar refractivity (Wildman–Crippen MR) is 102 cm³/mol. The second kappa shape index (κ2) is 7.31. The molecule has 0 aliphatic carbocycles. The lowest BCUT2D eigenvalue weighted by molar-refractivity contribution is -0.0628. The van der Waals surface area contributed by atoms with Crippen LogP contribution in [0.1, 0.15) is 23.6 Å². The zero-order valence-electron chi connectivity index (χ0n) is 15.3. The highest BCUT2D eigenvalue weighted by molar-refractivity contribution is 5.25. The van der Waals surface area contributed by atoms with Gasteiger partial charge >= 0.3 is 0 Å². The van der Waals surface area contributed by atoms with Crippen LogP contribution in [0.5, 0.6) is 5.88 Å². The molecule has 0 N–H and O–H groups in total. The molecule has 3 heterocycles. The van der Waals surface area contributed by atoms with Crippen LogP contribution in [0.3, 0.4) is 0 Å². The van der Waals surface area contributed by atoms with Crippen LogP contribution in [0.15, 0.2) is 79.3 Å². The van der Waals surface area contributed by atoms with Gasteiger partial charge in [-0.15, -0.1) is 0 Å². The molecule has 0 bridgehead atoms. The van der Waals surface area contributed by atoms with Crippen molar-refractivity contribution in [2.75, 3.05) is 19.8 Å². The summed E-state index contributed by atoms with van der Waals surface area (Å²) < 4.78 is 18.5. The highest BCUT2D eigenvalue weighted by Crippen LogP contribution is 2.49. The van der Waals surface area contributed by atoms with E-state index in [1.807, 2.05) is 36.4 Å². The molecule has 2 aliphatic rings. The van der Waals surface area contributed by atoms with E-state index in [0.717, 1.165) is 11.1 Å². The third-order valence-electron chi connectivity index (χ3n) is 5.27. The number of hydrogen-bond acceptors (Lipinski definition) is 6. The molecule has 2 aliphatic heterocycles. The first-order chi connectivity index (χ1) is 13.9. The van der Waals surface area contributed by atoms with Crippen LogP contribution in [-0.2, 0) is 9.47 Å². The summed E-state index contributed by atoms with van der Waals surface area (Å²) in [5.41, 5.74) is 1.82. The van der Waals surface area contributed by atoms with Crippen molar-refractivity contribution in [2.24, 2.45) is 0 Å². The first-order valence-corrected chi connectivity index (χ1v) is 9.36. The summed E-state index contributed by atoms with van der Waals surface area (Å²) in [6.45, 7) is 1.46. The minimum absolute atomic E-state index is 0.195. The fourth-order valence-electron chi connectivity index (χ4n) is 3.91. The second-order valence-electron chi connectivity index (χ2n) is 7.11. The summed E-state index contributed by atoms with van der Waals surface area (Å²) in [6, 6.07) is 20.5.